The summed E-state index contributed by atoms with van der Waals surface area (Å²) >= 11 is 1.73. The molecule has 124 valence electrons. The minimum absolute atomic E-state index is 0.147. The van der Waals surface area contributed by atoms with Crippen LogP contribution in [-0.2, 0) is 0 Å². The molecule has 5 heteroatoms. The molecule has 0 spiro atoms. The Bertz CT molecular complexity index is 302. The van der Waals surface area contributed by atoms with Gasteiger partial charge < -0.3 is 15.8 Å². The number of nitrogens with two attached hydrogens (primary N) is 1. The molecule has 1 aliphatic heterocycles. The number of oxime groups is 1. The van der Waals surface area contributed by atoms with Crippen LogP contribution in [0.25, 0.3) is 0 Å². The minimum atomic E-state index is -0.147. The van der Waals surface area contributed by atoms with Crippen LogP contribution in [0.4, 0.5) is 0 Å². The second-order valence-electron chi connectivity index (χ2n) is 6.15. The number of amidine groups is 1. The van der Waals surface area contributed by atoms with Crippen molar-refractivity contribution in [3.05, 3.63) is 0 Å². The van der Waals surface area contributed by atoms with Crippen molar-refractivity contribution in [3.8, 4) is 0 Å². The van der Waals surface area contributed by atoms with Gasteiger partial charge in [-0.2, -0.15) is 11.8 Å². The molecule has 21 heavy (non-hydrogen) atoms. The summed E-state index contributed by atoms with van der Waals surface area (Å²) in [5.41, 5.74) is 5.88. The van der Waals surface area contributed by atoms with Crippen molar-refractivity contribution in [1.82, 2.24) is 4.90 Å². The molecule has 1 saturated heterocycles. The third-order valence-corrected chi connectivity index (χ3v) is 6.11. The maximum absolute atomic E-state index is 8.95. The van der Waals surface area contributed by atoms with Crippen LogP contribution in [0.1, 0.15) is 64.7 Å². The highest BCUT2D eigenvalue weighted by atomic mass is 32.2. The van der Waals surface area contributed by atoms with Gasteiger partial charge in [-0.3, -0.25) is 0 Å². The summed E-state index contributed by atoms with van der Waals surface area (Å²) in [6.07, 6.45) is 13.6. The Morgan fingerprint density at radius 1 is 1.14 bits per heavy atom. The van der Waals surface area contributed by atoms with Gasteiger partial charge in [0.25, 0.3) is 0 Å². The average molecular weight is 316 g/mol. The van der Waals surface area contributed by atoms with Gasteiger partial charge in [0, 0.05) is 0 Å². The normalized spacial score (nSPS) is 19.8. The molecule has 0 aromatic heterocycles. The van der Waals surface area contributed by atoms with E-state index in [0.29, 0.717) is 5.84 Å². The van der Waals surface area contributed by atoms with Gasteiger partial charge in [-0.1, -0.05) is 50.6 Å². The lowest BCUT2D eigenvalue weighted by atomic mass is 9.94. The zero-order chi connectivity index (χ0) is 15.6. The quantitative estimate of drug-likeness (QED) is 0.212. The number of piperidine rings is 1. The minimum Gasteiger partial charge on any atom is -0.409 e. The van der Waals surface area contributed by atoms with E-state index in [2.05, 4.69) is 23.2 Å². The topological polar surface area (TPSA) is 61.8 Å². The van der Waals surface area contributed by atoms with Gasteiger partial charge >= 0.3 is 0 Å². The van der Waals surface area contributed by atoms with Crippen LogP contribution in [0.2, 0.25) is 0 Å². The Hall–Kier alpha value is -0.420. The first-order chi connectivity index (χ1) is 10.2. The molecule has 3 N–H and O–H groups in total. The Balaban J connectivity index is 2.16. The first-order valence-corrected chi connectivity index (χ1v) is 9.66. The first-order valence-electron chi connectivity index (χ1n) is 8.44. The molecule has 0 unspecified atom stereocenters. The van der Waals surface area contributed by atoms with Gasteiger partial charge in [0.05, 0.1) is 4.75 Å². The number of rotatable bonds is 10. The first kappa shape index (κ1) is 18.6. The fourth-order valence-corrected chi connectivity index (χ4v) is 3.93. The molecule has 1 aliphatic rings. The van der Waals surface area contributed by atoms with Crippen molar-refractivity contribution in [2.24, 2.45) is 10.9 Å². The van der Waals surface area contributed by atoms with Gasteiger partial charge in [-0.15, -0.1) is 0 Å². The standard InChI is InChI=1S/C16H33N3OS/c1-3-4-5-6-7-8-9-12-19-13-10-16(21-2,11-14-19)15(17)18-20/h20H,3-14H2,1-2H3,(H2,17,18). The van der Waals surface area contributed by atoms with Crippen LogP contribution in [0.5, 0.6) is 0 Å². The fourth-order valence-electron chi connectivity index (χ4n) is 3.09. The van der Waals surface area contributed by atoms with Crippen molar-refractivity contribution >= 4 is 17.6 Å². The summed E-state index contributed by atoms with van der Waals surface area (Å²) in [7, 11) is 0. The van der Waals surface area contributed by atoms with E-state index in [4.69, 9.17) is 10.9 Å². The molecule has 0 amide bonds. The largest absolute Gasteiger partial charge is 0.409 e. The fraction of sp³-hybridized carbons (Fsp3) is 0.938. The van der Waals surface area contributed by atoms with E-state index in [1.807, 2.05) is 0 Å². The van der Waals surface area contributed by atoms with Crippen LogP contribution in [0, 0.1) is 0 Å². The highest BCUT2D eigenvalue weighted by Gasteiger charge is 2.37. The summed E-state index contributed by atoms with van der Waals surface area (Å²) in [4.78, 5) is 2.53. The smallest absolute Gasteiger partial charge is 0.155 e. The maximum Gasteiger partial charge on any atom is 0.155 e. The molecule has 0 aromatic carbocycles. The predicted octanol–water partition coefficient (Wildman–Crippen LogP) is 3.68. The lowest BCUT2D eigenvalue weighted by Gasteiger charge is -2.39. The second kappa shape index (κ2) is 10.3. The third kappa shape index (κ3) is 6.07. The van der Waals surface area contributed by atoms with Crippen LogP contribution in [0.15, 0.2) is 5.16 Å². The van der Waals surface area contributed by atoms with Gasteiger partial charge in [0.15, 0.2) is 5.84 Å². The molecule has 4 nitrogen and oxygen atoms in total. The SMILES string of the molecule is CCCCCCCCCN1CCC(SC)(C(N)=NO)CC1. The zero-order valence-electron chi connectivity index (χ0n) is 13.8. The van der Waals surface area contributed by atoms with E-state index in [1.165, 1.54) is 51.5 Å². The van der Waals surface area contributed by atoms with E-state index in [-0.39, 0.29) is 4.75 Å². The number of hydrogen-bond donors (Lipinski definition) is 2. The Morgan fingerprint density at radius 3 is 2.24 bits per heavy atom. The molecule has 0 aliphatic carbocycles. The van der Waals surface area contributed by atoms with E-state index >= 15 is 0 Å². The van der Waals surface area contributed by atoms with Crippen molar-refractivity contribution in [1.29, 1.82) is 0 Å². The number of likely N-dealkylation sites (tertiary alicyclic amines) is 1. The third-order valence-electron chi connectivity index (χ3n) is 4.71. The molecule has 0 aromatic rings. The Kier molecular flexibility index (Phi) is 9.16. The number of nitrogens with zero attached hydrogens (tertiary/aromatic N) is 2. The van der Waals surface area contributed by atoms with Crippen LogP contribution in [0.3, 0.4) is 0 Å². The van der Waals surface area contributed by atoms with E-state index in [0.717, 1.165) is 25.9 Å². The van der Waals surface area contributed by atoms with Gasteiger partial charge in [0.2, 0.25) is 0 Å². The van der Waals surface area contributed by atoms with Crippen molar-refractivity contribution in [2.75, 3.05) is 25.9 Å². The monoisotopic (exact) mass is 315 g/mol. The summed E-state index contributed by atoms with van der Waals surface area (Å²) in [6.45, 7) is 5.59. The molecule has 1 heterocycles. The van der Waals surface area contributed by atoms with Gasteiger partial charge in [-0.05, 0) is 45.2 Å². The van der Waals surface area contributed by atoms with Crippen LogP contribution >= 0.6 is 11.8 Å². The summed E-state index contributed by atoms with van der Waals surface area (Å²) in [5.74, 6) is 0.394. The highest BCUT2D eigenvalue weighted by molar-refractivity contribution is 8.00. The van der Waals surface area contributed by atoms with Crippen LogP contribution in [-0.4, -0.2) is 46.6 Å². The molecule has 0 saturated carbocycles. The van der Waals surface area contributed by atoms with Gasteiger partial charge in [-0.25, -0.2) is 0 Å². The average Bonchev–Trinajstić information content (AvgIpc) is 2.54. The lowest BCUT2D eigenvalue weighted by molar-refractivity contribution is 0.212. The number of unbranched alkanes of at least 4 members (excludes halogenated alkanes) is 6. The molecule has 0 bridgehead atoms. The molecular weight excluding hydrogens is 282 g/mol. The second-order valence-corrected chi connectivity index (χ2v) is 7.34. The molecular formula is C16H33N3OS. The van der Waals surface area contributed by atoms with Crippen LogP contribution < -0.4 is 5.73 Å². The summed E-state index contributed by atoms with van der Waals surface area (Å²) < 4.78 is -0.147. The van der Waals surface area contributed by atoms with Crippen molar-refractivity contribution < 1.29 is 5.21 Å². The predicted molar refractivity (Wildman–Crippen MR) is 93.3 cm³/mol. The van der Waals surface area contributed by atoms with E-state index < -0.39 is 0 Å². The highest BCUT2D eigenvalue weighted by Crippen LogP contribution is 2.34. The number of thioether (sulfide) groups is 1. The molecule has 1 rings (SSSR count). The molecule has 0 radical (unpaired) electrons. The Labute approximate surface area is 134 Å². The molecule has 1 fully saturated rings. The van der Waals surface area contributed by atoms with E-state index in [1.54, 1.807) is 11.8 Å². The number of hydrogen-bond acceptors (Lipinski definition) is 4. The maximum atomic E-state index is 8.95. The van der Waals surface area contributed by atoms with Crippen molar-refractivity contribution in [2.45, 2.75) is 69.5 Å². The van der Waals surface area contributed by atoms with Crippen molar-refractivity contribution in [3.63, 3.8) is 0 Å². The Morgan fingerprint density at radius 2 is 1.71 bits per heavy atom. The zero-order valence-corrected chi connectivity index (χ0v) is 14.6. The summed E-state index contributed by atoms with van der Waals surface area (Å²) in [5, 5.41) is 12.2. The molecule has 0 atom stereocenters. The summed E-state index contributed by atoms with van der Waals surface area (Å²) in [6, 6.07) is 0. The van der Waals surface area contributed by atoms with E-state index in [9.17, 15) is 0 Å². The van der Waals surface area contributed by atoms with Gasteiger partial charge in [0.1, 0.15) is 0 Å². The lowest BCUT2D eigenvalue weighted by Crippen LogP contribution is -2.50.